The number of carbonyl (C=O) groups is 4. The van der Waals surface area contributed by atoms with Crippen LogP contribution in [0.5, 0.6) is 0 Å². The number of rotatable bonds is 11. The lowest BCUT2D eigenvalue weighted by Gasteiger charge is -2.30. The number of nitrogens with zero attached hydrogens (tertiary/aromatic N) is 4. The molecule has 14 heteroatoms. The monoisotopic (exact) mass is 890 g/mol. The van der Waals surface area contributed by atoms with Gasteiger partial charge in [0.2, 0.25) is 0 Å². The van der Waals surface area contributed by atoms with Gasteiger partial charge in [0.1, 0.15) is 5.82 Å². The topological polar surface area (TPSA) is 148 Å². The first-order valence-electron chi connectivity index (χ1n) is 19.6. The minimum absolute atomic E-state index is 0.306. The summed E-state index contributed by atoms with van der Waals surface area (Å²) in [4.78, 5) is 67.1. The molecule has 0 unspecified atom stereocenters. The van der Waals surface area contributed by atoms with Crippen molar-refractivity contribution >= 4 is 58.5 Å². The summed E-state index contributed by atoms with van der Waals surface area (Å²) >= 11 is 14.3. The fourth-order valence-electron chi connectivity index (χ4n) is 7.46. The summed E-state index contributed by atoms with van der Waals surface area (Å²) in [5.41, 5.74) is 6.31. The van der Waals surface area contributed by atoms with Crippen LogP contribution in [0.3, 0.4) is 0 Å². The van der Waals surface area contributed by atoms with Crippen molar-refractivity contribution in [1.29, 1.82) is 0 Å². The summed E-state index contributed by atoms with van der Waals surface area (Å²) in [6, 6.07) is 41.5. The molecule has 0 amide bonds. The number of aliphatic imine (C=N–C) groups is 2. The van der Waals surface area contributed by atoms with Crippen LogP contribution in [-0.2, 0) is 24.7 Å². The summed E-state index contributed by atoms with van der Waals surface area (Å²) in [5, 5.41) is 0.680. The van der Waals surface area contributed by atoms with Crippen LogP contribution in [0.4, 0.5) is 0 Å². The Labute approximate surface area is 377 Å². The molecular formula is C50H36Cl2N4O8. The highest BCUT2D eigenvalue weighted by Gasteiger charge is 2.46. The molecule has 1 aliphatic rings. The van der Waals surface area contributed by atoms with Gasteiger partial charge in [-0.15, -0.1) is 0 Å². The maximum Gasteiger partial charge on any atom is 0.337 e. The van der Waals surface area contributed by atoms with E-state index in [4.69, 9.17) is 57.1 Å². The second-order valence-corrected chi connectivity index (χ2v) is 15.1. The largest absolute Gasteiger partial charge is 0.465 e. The van der Waals surface area contributed by atoms with Gasteiger partial charge in [-0.1, -0.05) is 102 Å². The van der Waals surface area contributed by atoms with Crippen molar-refractivity contribution in [3.8, 4) is 33.9 Å². The molecule has 0 N–H and O–H groups in total. The molecular weight excluding hydrogens is 855 g/mol. The Balaban J connectivity index is 1.54. The zero-order chi connectivity index (χ0) is 45.1. The molecule has 0 spiro atoms. The van der Waals surface area contributed by atoms with Crippen LogP contribution < -0.4 is 0 Å². The van der Waals surface area contributed by atoms with Crippen molar-refractivity contribution in [2.24, 2.45) is 9.98 Å². The highest BCUT2D eigenvalue weighted by atomic mass is 35.5. The molecule has 6 aromatic carbocycles. The number of hydrogen-bond acceptors (Lipinski definition) is 11. The van der Waals surface area contributed by atoms with Gasteiger partial charge in [-0.25, -0.2) is 34.1 Å². The minimum Gasteiger partial charge on any atom is -0.465 e. The van der Waals surface area contributed by atoms with Gasteiger partial charge in [-0.3, -0.25) is 4.57 Å². The number of halogens is 2. The lowest BCUT2D eigenvalue weighted by Crippen LogP contribution is -2.31. The molecule has 64 heavy (non-hydrogen) atoms. The van der Waals surface area contributed by atoms with Crippen LogP contribution in [-0.4, -0.2) is 73.3 Å². The number of hydrogen-bond donors (Lipinski definition) is 0. The van der Waals surface area contributed by atoms with Crippen LogP contribution in [0.25, 0.3) is 33.9 Å². The van der Waals surface area contributed by atoms with Crippen LogP contribution in [0.2, 0.25) is 10.0 Å². The summed E-state index contributed by atoms with van der Waals surface area (Å²) in [6.45, 7) is 0. The Hall–Kier alpha value is -7.67. The van der Waals surface area contributed by atoms with Gasteiger partial charge in [0.15, 0.2) is 0 Å². The second kappa shape index (κ2) is 18.0. The molecule has 8 rings (SSSR count). The third-order valence-corrected chi connectivity index (χ3v) is 11.3. The minimum atomic E-state index is -1.81. The molecule has 12 nitrogen and oxygen atoms in total. The molecule has 0 fully saturated rings. The lowest BCUT2D eigenvalue weighted by atomic mass is 9.98. The van der Waals surface area contributed by atoms with Crippen LogP contribution in [0.1, 0.15) is 58.1 Å². The van der Waals surface area contributed by atoms with E-state index in [0.717, 1.165) is 0 Å². The van der Waals surface area contributed by atoms with E-state index in [1.165, 1.54) is 28.4 Å². The van der Waals surface area contributed by atoms with Gasteiger partial charge in [0.25, 0.3) is 5.79 Å². The van der Waals surface area contributed by atoms with E-state index in [1.54, 1.807) is 121 Å². The normalized spacial score (nSPS) is 12.8. The Morgan fingerprint density at radius 3 is 1.25 bits per heavy atom. The molecule has 0 atom stereocenters. The number of esters is 4. The molecule has 0 bridgehead atoms. The first kappa shape index (κ1) is 43.0. The van der Waals surface area contributed by atoms with E-state index < -0.39 is 29.7 Å². The van der Waals surface area contributed by atoms with Crippen molar-refractivity contribution in [3.05, 3.63) is 195 Å². The maximum atomic E-state index is 12.7. The maximum absolute atomic E-state index is 12.7. The number of aromatic nitrogens is 2. The number of benzene rings is 6. The van der Waals surface area contributed by atoms with E-state index in [-0.39, 0.29) is 0 Å². The van der Waals surface area contributed by atoms with Crippen LogP contribution in [0, 0.1) is 0 Å². The summed E-state index contributed by atoms with van der Waals surface area (Å²) in [7, 11) is 5.23. The van der Waals surface area contributed by atoms with Gasteiger partial charge in [-0.05, 0) is 66.7 Å². The highest BCUT2D eigenvalue weighted by Crippen LogP contribution is 2.48. The van der Waals surface area contributed by atoms with E-state index in [9.17, 15) is 19.2 Å². The number of carbonyl (C=O) groups excluding carboxylic acids is 4. The summed E-state index contributed by atoms with van der Waals surface area (Å²) < 4.78 is 21.9. The van der Waals surface area contributed by atoms with E-state index in [2.05, 4.69) is 0 Å². The zero-order valence-electron chi connectivity index (χ0n) is 34.7. The zero-order valence-corrected chi connectivity index (χ0v) is 36.2. The smallest absolute Gasteiger partial charge is 0.337 e. The molecule has 0 saturated carbocycles. The summed E-state index contributed by atoms with van der Waals surface area (Å²) in [5.74, 6) is -3.56. The van der Waals surface area contributed by atoms with Gasteiger partial charge in [0.05, 0.1) is 83.5 Å². The number of imidazole rings is 1. The molecule has 7 aromatic rings. The first-order chi connectivity index (χ1) is 31.0. The predicted molar refractivity (Wildman–Crippen MR) is 243 cm³/mol. The van der Waals surface area contributed by atoms with Crippen molar-refractivity contribution < 1.29 is 38.1 Å². The van der Waals surface area contributed by atoms with Gasteiger partial charge in [0, 0.05) is 33.4 Å². The fraction of sp³-hybridized carbons (Fsp3) is 0.100. The predicted octanol–water partition coefficient (Wildman–Crippen LogP) is 9.99. The Morgan fingerprint density at radius 1 is 0.469 bits per heavy atom. The Bertz CT molecular complexity index is 2940. The Kier molecular flexibility index (Phi) is 12.1. The van der Waals surface area contributed by atoms with Gasteiger partial charge >= 0.3 is 23.9 Å². The number of ether oxygens (including phenoxy) is 4. The lowest BCUT2D eigenvalue weighted by molar-refractivity contribution is 0.0592. The quantitative estimate of drug-likeness (QED) is 0.0914. The van der Waals surface area contributed by atoms with Crippen LogP contribution >= 0.6 is 23.2 Å². The molecule has 0 saturated heterocycles. The first-order valence-corrected chi connectivity index (χ1v) is 20.4. The summed E-state index contributed by atoms with van der Waals surface area (Å²) in [6.07, 6.45) is 0. The molecule has 2 heterocycles. The average molecular weight is 892 g/mol. The average Bonchev–Trinajstić information content (AvgIpc) is 3.94. The second-order valence-electron chi connectivity index (χ2n) is 14.3. The fourth-order valence-corrected chi connectivity index (χ4v) is 7.94. The molecule has 1 aromatic heterocycles. The molecule has 318 valence electrons. The van der Waals surface area contributed by atoms with E-state index in [1.807, 2.05) is 28.8 Å². The van der Waals surface area contributed by atoms with E-state index in [0.29, 0.717) is 94.3 Å². The third-order valence-electron chi connectivity index (χ3n) is 10.6. The van der Waals surface area contributed by atoms with Gasteiger partial charge in [-0.2, -0.15) is 0 Å². The van der Waals surface area contributed by atoms with Crippen molar-refractivity contribution in [1.82, 2.24) is 9.55 Å². The molecule has 0 radical (unpaired) electrons. The number of methoxy groups -OCH3 is 4. The third kappa shape index (κ3) is 7.85. The van der Waals surface area contributed by atoms with Crippen molar-refractivity contribution in [2.45, 2.75) is 5.79 Å². The van der Waals surface area contributed by atoms with Gasteiger partial charge < -0.3 is 18.9 Å². The molecule has 0 aliphatic carbocycles. The van der Waals surface area contributed by atoms with Crippen LogP contribution in [0.15, 0.2) is 156 Å². The van der Waals surface area contributed by atoms with E-state index >= 15 is 0 Å². The standard InChI is InChI=1S/C50H36Cl2N4O8/c1-61-46(57)33-21-13-29(14-22-33)41-42(30-15-23-34(24-16-30)47(58)62-2)55-50(54-41,38-10-6-8-12-40(38)52)56-44(32-19-27-36(28-20-32)49(60)64-4)43(31-17-25-35(26-18-31)48(59)63-3)53-45(56)37-9-5-7-11-39(37)51/h5-28H,1-4H3. The molecule has 1 aliphatic heterocycles. The van der Waals surface area contributed by atoms with Crippen molar-refractivity contribution in [3.63, 3.8) is 0 Å². The van der Waals surface area contributed by atoms with Crippen molar-refractivity contribution in [2.75, 3.05) is 28.4 Å². The SMILES string of the molecule is COC(=O)c1ccc(C2=NC(c3ccccc3Cl)(n3c(-c4ccccc4Cl)nc(-c4ccc(C(=O)OC)cc4)c3-c3ccc(C(=O)OC)cc3)N=C2c2ccc(C(=O)OC)cc2)cc1. The highest BCUT2D eigenvalue weighted by molar-refractivity contribution is 6.54. The Morgan fingerprint density at radius 2 is 0.844 bits per heavy atom.